The molecule has 2 aliphatic carbocycles. The number of aliphatic hydroxyl groups is 1. The van der Waals surface area contributed by atoms with Crippen molar-refractivity contribution in [3.05, 3.63) is 65.8 Å². The van der Waals surface area contributed by atoms with Crippen molar-refractivity contribution >= 4 is 16.8 Å². The van der Waals surface area contributed by atoms with Gasteiger partial charge in [0.15, 0.2) is 0 Å². The zero-order valence-electron chi connectivity index (χ0n) is 12.1. The minimum atomic E-state index is -0.267. The zero-order chi connectivity index (χ0) is 14.4. The normalized spacial score (nSPS) is 24.0. The first-order valence-corrected chi connectivity index (χ1v) is 7.79. The molecule has 21 heavy (non-hydrogen) atoms. The highest BCUT2D eigenvalue weighted by Crippen LogP contribution is 2.45. The molecule has 0 saturated carbocycles. The lowest BCUT2D eigenvalue weighted by Gasteiger charge is -2.35. The third-order valence-corrected chi connectivity index (χ3v) is 5.08. The Morgan fingerprint density at radius 2 is 2.19 bits per heavy atom. The largest absolute Gasteiger partial charge is 0.393 e. The van der Waals surface area contributed by atoms with Crippen molar-refractivity contribution in [3.63, 3.8) is 0 Å². The molecule has 0 amide bonds. The van der Waals surface area contributed by atoms with E-state index in [9.17, 15) is 5.11 Å². The monoisotopic (exact) mass is 276 g/mol. The molecular formula is C20H20O. The van der Waals surface area contributed by atoms with E-state index in [0.29, 0.717) is 18.3 Å². The summed E-state index contributed by atoms with van der Waals surface area (Å²) in [4.78, 5) is 0. The van der Waals surface area contributed by atoms with Gasteiger partial charge in [-0.25, -0.2) is 0 Å². The molecule has 2 aliphatic rings. The van der Waals surface area contributed by atoms with Crippen LogP contribution >= 0.6 is 0 Å². The average molecular weight is 276 g/mol. The predicted molar refractivity (Wildman–Crippen MR) is 88.4 cm³/mol. The molecule has 0 heterocycles. The summed E-state index contributed by atoms with van der Waals surface area (Å²) in [5.41, 5.74) is 4.27. The van der Waals surface area contributed by atoms with E-state index < -0.39 is 0 Å². The lowest BCUT2D eigenvalue weighted by atomic mass is 9.70. The standard InChI is InChI=1S/C20H20O/c1-2-4-18(21)17-11-15-9-7-13-5-3-6-14-8-10-16(12-17)20(15)19(13)14/h2-3,5-10,15,17-18,21H,1,4,11-12H2. The highest BCUT2D eigenvalue weighted by Gasteiger charge is 2.32. The van der Waals surface area contributed by atoms with E-state index in [1.54, 1.807) is 0 Å². The lowest BCUT2D eigenvalue weighted by molar-refractivity contribution is 0.0992. The highest BCUT2D eigenvalue weighted by atomic mass is 16.3. The van der Waals surface area contributed by atoms with Crippen LogP contribution in [0.5, 0.6) is 0 Å². The number of hydrogen-bond acceptors (Lipinski definition) is 1. The minimum Gasteiger partial charge on any atom is -0.393 e. The Labute approximate surface area is 125 Å². The van der Waals surface area contributed by atoms with Gasteiger partial charge < -0.3 is 5.11 Å². The summed E-state index contributed by atoms with van der Waals surface area (Å²) in [5.74, 6) is 0.796. The summed E-state index contributed by atoms with van der Waals surface area (Å²) in [7, 11) is 0. The Kier molecular flexibility index (Phi) is 2.97. The SMILES string of the molecule is C=CCC(O)C1Cc2ccc3cccc4c3c2C(C=C4)C1. The lowest BCUT2D eigenvalue weighted by Crippen LogP contribution is -2.28. The molecule has 1 N–H and O–H groups in total. The molecule has 0 fully saturated rings. The molecule has 0 aromatic heterocycles. The van der Waals surface area contributed by atoms with Gasteiger partial charge in [-0.2, -0.15) is 0 Å². The van der Waals surface area contributed by atoms with E-state index in [2.05, 4.69) is 49.1 Å². The number of hydrogen-bond donors (Lipinski definition) is 1. The molecule has 106 valence electrons. The van der Waals surface area contributed by atoms with Crippen molar-refractivity contribution in [3.8, 4) is 0 Å². The van der Waals surface area contributed by atoms with Gasteiger partial charge in [0.05, 0.1) is 6.10 Å². The van der Waals surface area contributed by atoms with Crippen molar-refractivity contribution in [2.45, 2.75) is 31.3 Å². The molecule has 0 radical (unpaired) electrons. The Bertz CT molecular complexity index is 741. The van der Waals surface area contributed by atoms with E-state index in [1.165, 1.54) is 27.5 Å². The van der Waals surface area contributed by atoms with Gasteiger partial charge in [-0.3, -0.25) is 0 Å². The van der Waals surface area contributed by atoms with Crippen LogP contribution in [0.4, 0.5) is 0 Å². The van der Waals surface area contributed by atoms with Gasteiger partial charge in [0.2, 0.25) is 0 Å². The van der Waals surface area contributed by atoms with Crippen LogP contribution in [-0.4, -0.2) is 11.2 Å². The second-order valence-corrected chi connectivity index (χ2v) is 6.34. The molecule has 2 aromatic carbocycles. The van der Waals surface area contributed by atoms with Crippen LogP contribution in [0.3, 0.4) is 0 Å². The van der Waals surface area contributed by atoms with E-state index >= 15 is 0 Å². The topological polar surface area (TPSA) is 20.2 Å². The molecule has 3 unspecified atom stereocenters. The van der Waals surface area contributed by atoms with Crippen LogP contribution in [0.1, 0.15) is 35.4 Å². The number of rotatable bonds is 3. The van der Waals surface area contributed by atoms with Gasteiger partial charge in [0, 0.05) is 5.92 Å². The second kappa shape index (κ2) is 4.85. The van der Waals surface area contributed by atoms with Crippen molar-refractivity contribution in [2.75, 3.05) is 0 Å². The molecule has 0 bridgehead atoms. The number of allylic oxidation sites excluding steroid dienone is 1. The quantitative estimate of drug-likeness (QED) is 0.821. The first-order chi connectivity index (χ1) is 10.3. The third-order valence-electron chi connectivity index (χ3n) is 5.08. The Hall–Kier alpha value is -1.86. The Morgan fingerprint density at radius 1 is 1.29 bits per heavy atom. The first kappa shape index (κ1) is 12.8. The fraction of sp³-hybridized carbons (Fsp3) is 0.300. The van der Waals surface area contributed by atoms with E-state index in [1.807, 2.05) is 6.08 Å². The van der Waals surface area contributed by atoms with Crippen LogP contribution in [0.15, 0.2) is 49.1 Å². The molecule has 4 rings (SSSR count). The highest BCUT2D eigenvalue weighted by molar-refractivity contribution is 5.96. The summed E-state index contributed by atoms with van der Waals surface area (Å²) >= 11 is 0. The predicted octanol–water partition coefficient (Wildman–Crippen LogP) is 4.45. The van der Waals surface area contributed by atoms with Gasteiger partial charge >= 0.3 is 0 Å². The fourth-order valence-corrected chi connectivity index (χ4v) is 4.08. The molecule has 1 nitrogen and oxygen atoms in total. The average Bonchev–Trinajstić information content (AvgIpc) is 2.52. The second-order valence-electron chi connectivity index (χ2n) is 6.34. The summed E-state index contributed by atoms with van der Waals surface area (Å²) in [6.45, 7) is 3.76. The van der Waals surface area contributed by atoms with E-state index in [4.69, 9.17) is 0 Å². The van der Waals surface area contributed by atoms with Crippen molar-refractivity contribution in [2.24, 2.45) is 5.92 Å². The van der Waals surface area contributed by atoms with Crippen LogP contribution in [0, 0.1) is 5.92 Å². The van der Waals surface area contributed by atoms with Crippen molar-refractivity contribution in [1.29, 1.82) is 0 Å². The molecule has 0 saturated heterocycles. The Balaban J connectivity index is 1.84. The van der Waals surface area contributed by atoms with Gasteiger partial charge in [0.25, 0.3) is 0 Å². The fourth-order valence-electron chi connectivity index (χ4n) is 4.08. The first-order valence-electron chi connectivity index (χ1n) is 7.79. The Morgan fingerprint density at radius 3 is 3.05 bits per heavy atom. The van der Waals surface area contributed by atoms with E-state index in [0.717, 1.165) is 12.8 Å². The maximum atomic E-state index is 10.3. The summed E-state index contributed by atoms with van der Waals surface area (Å²) in [6, 6.07) is 11.0. The van der Waals surface area contributed by atoms with Crippen LogP contribution in [-0.2, 0) is 6.42 Å². The molecule has 0 aliphatic heterocycles. The maximum Gasteiger partial charge on any atom is 0.0606 e. The number of aliphatic hydroxyl groups excluding tert-OH is 1. The summed E-state index contributed by atoms with van der Waals surface area (Å²) < 4.78 is 0. The smallest absolute Gasteiger partial charge is 0.0606 e. The molecule has 1 heteroatoms. The van der Waals surface area contributed by atoms with Crippen molar-refractivity contribution < 1.29 is 5.11 Å². The van der Waals surface area contributed by atoms with E-state index in [-0.39, 0.29) is 6.10 Å². The van der Waals surface area contributed by atoms with Gasteiger partial charge in [-0.15, -0.1) is 6.58 Å². The third kappa shape index (κ3) is 1.96. The maximum absolute atomic E-state index is 10.3. The molecule has 3 atom stereocenters. The van der Waals surface area contributed by atoms with Crippen LogP contribution in [0.2, 0.25) is 0 Å². The minimum absolute atomic E-state index is 0.267. The van der Waals surface area contributed by atoms with Crippen molar-refractivity contribution in [1.82, 2.24) is 0 Å². The zero-order valence-corrected chi connectivity index (χ0v) is 12.1. The molecular weight excluding hydrogens is 256 g/mol. The number of benzene rings is 2. The summed E-state index contributed by atoms with van der Waals surface area (Å²) in [6.07, 6.45) is 8.87. The molecule has 0 spiro atoms. The van der Waals surface area contributed by atoms with Crippen LogP contribution < -0.4 is 0 Å². The van der Waals surface area contributed by atoms with Gasteiger partial charge in [-0.1, -0.05) is 48.6 Å². The van der Waals surface area contributed by atoms with Gasteiger partial charge in [0.1, 0.15) is 0 Å². The molecule has 2 aromatic rings. The van der Waals surface area contributed by atoms with Crippen LogP contribution in [0.25, 0.3) is 16.8 Å². The summed E-state index contributed by atoms with van der Waals surface area (Å²) in [5, 5.41) is 13.1. The van der Waals surface area contributed by atoms with Gasteiger partial charge in [-0.05, 0) is 52.6 Å².